The van der Waals surface area contributed by atoms with Crippen LogP contribution in [-0.2, 0) is 9.59 Å². The lowest BCUT2D eigenvalue weighted by Gasteiger charge is -2.14. The van der Waals surface area contributed by atoms with Gasteiger partial charge >= 0.3 is 0 Å². The molecule has 2 aromatic carbocycles. The van der Waals surface area contributed by atoms with Gasteiger partial charge < -0.3 is 10.1 Å². The first kappa shape index (κ1) is 23.0. The van der Waals surface area contributed by atoms with Gasteiger partial charge in [-0.3, -0.25) is 14.5 Å². The average molecular weight is 455 g/mol. The second kappa shape index (κ2) is 11.1. The van der Waals surface area contributed by atoms with Crippen molar-refractivity contribution in [2.45, 2.75) is 32.6 Å². The number of aryl methyl sites for hydroxylation is 1. The average Bonchev–Trinajstić information content (AvgIpc) is 3.03. The standard InChI is InChI=1S/C24H26N2O3S2/c1-17-7-9-18(10-8-17)16-21-23(28)26(24(30)31-21)15-5-3-4-6-22(27)25-19-11-13-20(29-2)14-12-19/h7-14,16H,3-6,15H2,1-2H3,(H,25,27). The van der Waals surface area contributed by atoms with Crippen molar-refractivity contribution in [3.63, 3.8) is 0 Å². The molecule has 2 aromatic rings. The van der Waals surface area contributed by atoms with Crippen LogP contribution < -0.4 is 10.1 Å². The number of unbranched alkanes of at least 4 members (excludes halogenated alkanes) is 2. The molecule has 1 aliphatic rings. The molecule has 0 saturated carbocycles. The zero-order chi connectivity index (χ0) is 22.2. The van der Waals surface area contributed by atoms with Crippen LogP contribution >= 0.6 is 24.0 Å². The summed E-state index contributed by atoms with van der Waals surface area (Å²) in [4.78, 5) is 27.1. The van der Waals surface area contributed by atoms with Gasteiger partial charge in [-0.05, 0) is 55.7 Å². The summed E-state index contributed by atoms with van der Waals surface area (Å²) < 4.78 is 5.71. The Balaban J connectivity index is 1.39. The molecule has 162 valence electrons. The number of carbonyl (C=O) groups is 2. The van der Waals surface area contributed by atoms with Crippen molar-refractivity contribution in [3.05, 3.63) is 64.6 Å². The van der Waals surface area contributed by atoms with E-state index in [0.29, 0.717) is 22.2 Å². The summed E-state index contributed by atoms with van der Waals surface area (Å²) in [5.41, 5.74) is 2.93. The quantitative estimate of drug-likeness (QED) is 0.312. The number of thioether (sulfide) groups is 1. The van der Waals surface area contributed by atoms with Crippen molar-refractivity contribution in [3.8, 4) is 5.75 Å². The van der Waals surface area contributed by atoms with E-state index >= 15 is 0 Å². The Morgan fingerprint density at radius 2 is 1.81 bits per heavy atom. The molecule has 1 fully saturated rings. The zero-order valence-electron chi connectivity index (χ0n) is 17.7. The fraction of sp³-hybridized carbons (Fsp3) is 0.292. The van der Waals surface area contributed by atoms with Crippen molar-refractivity contribution in [2.24, 2.45) is 0 Å². The Kier molecular flexibility index (Phi) is 8.26. The summed E-state index contributed by atoms with van der Waals surface area (Å²) in [5.74, 6) is 0.701. The van der Waals surface area contributed by atoms with Crippen LogP contribution in [0.4, 0.5) is 5.69 Å². The number of thiocarbonyl (C=S) groups is 1. The fourth-order valence-electron chi connectivity index (χ4n) is 3.14. The highest BCUT2D eigenvalue weighted by Crippen LogP contribution is 2.32. The minimum atomic E-state index is -0.0344. The van der Waals surface area contributed by atoms with Gasteiger partial charge in [-0.15, -0.1) is 0 Å². The SMILES string of the molecule is COc1ccc(NC(=O)CCCCCN2C(=O)C(=Cc3ccc(C)cc3)SC2=S)cc1. The lowest BCUT2D eigenvalue weighted by molar-refractivity contribution is -0.122. The van der Waals surface area contributed by atoms with Gasteiger partial charge in [0.05, 0.1) is 12.0 Å². The van der Waals surface area contributed by atoms with E-state index in [1.165, 1.54) is 17.3 Å². The number of carbonyl (C=O) groups excluding carboxylic acids is 2. The molecular formula is C24H26N2O3S2. The maximum Gasteiger partial charge on any atom is 0.266 e. The number of nitrogens with one attached hydrogen (secondary N) is 1. The van der Waals surface area contributed by atoms with E-state index in [2.05, 4.69) is 5.32 Å². The molecule has 0 aliphatic carbocycles. The second-order valence-electron chi connectivity index (χ2n) is 7.33. The van der Waals surface area contributed by atoms with E-state index in [0.717, 1.165) is 36.3 Å². The molecule has 0 bridgehead atoms. The summed E-state index contributed by atoms with van der Waals surface area (Å²) in [6.45, 7) is 2.61. The summed E-state index contributed by atoms with van der Waals surface area (Å²) in [7, 11) is 1.61. The highest BCUT2D eigenvalue weighted by molar-refractivity contribution is 8.26. The fourth-order valence-corrected chi connectivity index (χ4v) is 4.45. The molecular weight excluding hydrogens is 428 g/mol. The normalized spacial score (nSPS) is 14.9. The summed E-state index contributed by atoms with van der Waals surface area (Å²) >= 11 is 6.75. The number of anilines is 1. The lowest BCUT2D eigenvalue weighted by atomic mass is 10.1. The van der Waals surface area contributed by atoms with E-state index in [4.69, 9.17) is 17.0 Å². The van der Waals surface area contributed by atoms with Gasteiger partial charge in [0.1, 0.15) is 10.1 Å². The molecule has 2 amide bonds. The third-order valence-electron chi connectivity index (χ3n) is 4.91. The molecule has 5 nitrogen and oxygen atoms in total. The first-order chi connectivity index (χ1) is 15.0. The molecule has 0 radical (unpaired) electrons. The number of benzene rings is 2. The second-order valence-corrected chi connectivity index (χ2v) is 9.01. The smallest absolute Gasteiger partial charge is 0.266 e. The molecule has 31 heavy (non-hydrogen) atoms. The van der Waals surface area contributed by atoms with Gasteiger partial charge in [0.15, 0.2) is 0 Å². The molecule has 0 aromatic heterocycles. The number of amides is 2. The van der Waals surface area contributed by atoms with Crippen molar-refractivity contribution < 1.29 is 14.3 Å². The number of methoxy groups -OCH3 is 1. The van der Waals surface area contributed by atoms with E-state index in [1.54, 1.807) is 12.0 Å². The highest BCUT2D eigenvalue weighted by Gasteiger charge is 2.31. The Morgan fingerprint density at radius 3 is 2.48 bits per heavy atom. The Labute approximate surface area is 192 Å². The summed E-state index contributed by atoms with van der Waals surface area (Å²) in [5, 5.41) is 2.88. The van der Waals surface area contributed by atoms with Crippen LogP contribution in [0.25, 0.3) is 6.08 Å². The van der Waals surface area contributed by atoms with Crippen molar-refractivity contribution in [2.75, 3.05) is 19.0 Å². The molecule has 0 atom stereocenters. The topological polar surface area (TPSA) is 58.6 Å². The molecule has 0 spiro atoms. The lowest BCUT2D eigenvalue weighted by Crippen LogP contribution is -2.29. The maximum atomic E-state index is 12.7. The van der Waals surface area contributed by atoms with Crippen LogP contribution in [0.15, 0.2) is 53.4 Å². The molecule has 1 saturated heterocycles. The van der Waals surface area contributed by atoms with Gasteiger partial charge in [0.25, 0.3) is 5.91 Å². The predicted molar refractivity (Wildman–Crippen MR) is 131 cm³/mol. The van der Waals surface area contributed by atoms with E-state index in [1.807, 2.05) is 61.5 Å². The minimum absolute atomic E-state index is 0.0168. The molecule has 1 heterocycles. The third-order valence-corrected chi connectivity index (χ3v) is 6.29. The number of ether oxygens (including phenoxy) is 1. The largest absolute Gasteiger partial charge is 0.497 e. The van der Waals surface area contributed by atoms with E-state index < -0.39 is 0 Å². The Hall–Kier alpha value is -2.64. The van der Waals surface area contributed by atoms with Crippen LogP contribution in [-0.4, -0.2) is 34.7 Å². The number of hydrogen-bond donors (Lipinski definition) is 1. The van der Waals surface area contributed by atoms with Crippen LogP contribution in [0.1, 0.15) is 36.8 Å². The Morgan fingerprint density at radius 1 is 1.10 bits per heavy atom. The molecule has 0 unspecified atom stereocenters. The molecule has 1 N–H and O–H groups in total. The van der Waals surface area contributed by atoms with Crippen LogP contribution in [0, 0.1) is 6.92 Å². The van der Waals surface area contributed by atoms with Crippen molar-refractivity contribution in [1.82, 2.24) is 4.90 Å². The van der Waals surface area contributed by atoms with E-state index in [-0.39, 0.29) is 11.8 Å². The number of nitrogens with zero attached hydrogens (tertiary/aromatic N) is 1. The monoisotopic (exact) mass is 454 g/mol. The first-order valence-electron chi connectivity index (χ1n) is 10.2. The summed E-state index contributed by atoms with van der Waals surface area (Å²) in [6.07, 6.45) is 4.75. The highest BCUT2D eigenvalue weighted by atomic mass is 32.2. The predicted octanol–water partition coefficient (Wildman–Crippen LogP) is 5.40. The third kappa shape index (κ3) is 6.67. The molecule has 1 aliphatic heterocycles. The number of hydrogen-bond acceptors (Lipinski definition) is 5. The van der Waals surface area contributed by atoms with Gasteiger partial charge in [-0.25, -0.2) is 0 Å². The van der Waals surface area contributed by atoms with Gasteiger partial charge in [-0.1, -0.05) is 60.2 Å². The van der Waals surface area contributed by atoms with Crippen LogP contribution in [0.3, 0.4) is 0 Å². The summed E-state index contributed by atoms with van der Waals surface area (Å²) in [6, 6.07) is 15.3. The number of rotatable bonds is 9. The van der Waals surface area contributed by atoms with E-state index in [9.17, 15) is 9.59 Å². The van der Waals surface area contributed by atoms with Crippen molar-refractivity contribution >= 4 is 51.9 Å². The minimum Gasteiger partial charge on any atom is -0.497 e. The molecule has 7 heteroatoms. The van der Waals surface area contributed by atoms with Gasteiger partial charge in [0, 0.05) is 18.7 Å². The molecule has 3 rings (SSSR count). The van der Waals surface area contributed by atoms with Crippen LogP contribution in [0.5, 0.6) is 5.75 Å². The van der Waals surface area contributed by atoms with Gasteiger partial charge in [-0.2, -0.15) is 0 Å². The van der Waals surface area contributed by atoms with Gasteiger partial charge in [0.2, 0.25) is 5.91 Å². The Bertz CT molecular complexity index is 969. The first-order valence-corrected chi connectivity index (χ1v) is 11.4. The van der Waals surface area contributed by atoms with Crippen LogP contribution in [0.2, 0.25) is 0 Å². The van der Waals surface area contributed by atoms with Crippen molar-refractivity contribution in [1.29, 1.82) is 0 Å². The maximum absolute atomic E-state index is 12.7. The zero-order valence-corrected chi connectivity index (χ0v) is 19.4.